The second-order valence-electron chi connectivity index (χ2n) is 4.85. The first kappa shape index (κ1) is 14.2. The lowest BCUT2D eigenvalue weighted by molar-refractivity contribution is 0.405. The van der Waals surface area contributed by atoms with Crippen LogP contribution in [0.3, 0.4) is 0 Å². The standard InChI is InChI=1S/C15H17Cl3/c16-10-13(11-4-2-1-3-5-11)8-12-6-7-14(17)9-15(12)18/h6-9,11H,1-5,10H2. The molecule has 0 spiro atoms. The molecule has 2 rings (SSSR count). The van der Waals surface area contributed by atoms with Crippen LogP contribution in [0.1, 0.15) is 37.7 Å². The van der Waals surface area contributed by atoms with E-state index in [1.165, 1.54) is 37.7 Å². The molecule has 0 aliphatic heterocycles. The molecule has 1 aliphatic rings. The predicted molar refractivity (Wildman–Crippen MR) is 81.7 cm³/mol. The Hall–Kier alpha value is -0.170. The van der Waals surface area contributed by atoms with E-state index in [2.05, 4.69) is 6.08 Å². The molecule has 0 heterocycles. The first-order valence-corrected chi connectivity index (χ1v) is 7.71. The quantitative estimate of drug-likeness (QED) is 0.583. The molecule has 0 unspecified atom stereocenters. The van der Waals surface area contributed by atoms with Crippen LogP contribution >= 0.6 is 34.8 Å². The van der Waals surface area contributed by atoms with Crippen LogP contribution < -0.4 is 0 Å². The van der Waals surface area contributed by atoms with Gasteiger partial charge in [0.1, 0.15) is 0 Å². The maximum Gasteiger partial charge on any atom is 0.0493 e. The van der Waals surface area contributed by atoms with Gasteiger partial charge in [-0.1, -0.05) is 60.2 Å². The van der Waals surface area contributed by atoms with Crippen molar-refractivity contribution >= 4 is 40.9 Å². The molecule has 0 radical (unpaired) electrons. The van der Waals surface area contributed by atoms with Gasteiger partial charge in [-0.05, 0) is 36.5 Å². The molecule has 0 nitrogen and oxygen atoms in total. The van der Waals surface area contributed by atoms with Crippen molar-refractivity contribution in [2.45, 2.75) is 32.1 Å². The zero-order valence-electron chi connectivity index (χ0n) is 10.3. The van der Waals surface area contributed by atoms with Crippen LogP contribution in [0.2, 0.25) is 10.0 Å². The lowest BCUT2D eigenvalue weighted by atomic mass is 9.84. The molecule has 3 heteroatoms. The number of halogens is 3. The van der Waals surface area contributed by atoms with Crippen molar-refractivity contribution in [2.24, 2.45) is 5.92 Å². The predicted octanol–water partition coefficient (Wildman–Crippen LogP) is 6.20. The molecule has 0 bridgehead atoms. The van der Waals surface area contributed by atoms with Crippen LogP contribution in [0.25, 0.3) is 6.08 Å². The number of hydrogen-bond acceptors (Lipinski definition) is 0. The fourth-order valence-electron chi connectivity index (χ4n) is 2.56. The van der Waals surface area contributed by atoms with Crippen LogP contribution in [0, 0.1) is 5.92 Å². The van der Waals surface area contributed by atoms with E-state index in [9.17, 15) is 0 Å². The zero-order chi connectivity index (χ0) is 13.0. The monoisotopic (exact) mass is 302 g/mol. The summed E-state index contributed by atoms with van der Waals surface area (Å²) in [6.07, 6.45) is 8.63. The molecule has 0 amide bonds. The van der Waals surface area contributed by atoms with Gasteiger partial charge in [-0.2, -0.15) is 0 Å². The van der Waals surface area contributed by atoms with E-state index >= 15 is 0 Å². The highest BCUT2D eigenvalue weighted by molar-refractivity contribution is 6.35. The van der Waals surface area contributed by atoms with Crippen molar-refractivity contribution in [1.29, 1.82) is 0 Å². The van der Waals surface area contributed by atoms with E-state index in [1.807, 2.05) is 12.1 Å². The third-order valence-corrected chi connectivity index (χ3v) is 4.46. The highest BCUT2D eigenvalue weighted by Gasteiger charge is 2.17. The van der Waals surface area contributed by atoms with E-state index in [4.69, 9.17) is 34.8 Å². The van der Waals surface area contributed by atoms with Gasteiger partial charge in [-0.25, -0.2) is 0 Å². The highest BCUT2D eigenvalue weighted by atomic mass is 35.5. The van der Waals surface area contributed by atoms with Gasteiger partial charge >= 0.3 is 0 Å². The molecule has 98 valence electrons. The van der Waals surface area contributed by atoms with Crippen molar-refractivity contribution < 1.29 is 0 Å². The summed E-state index contributed by atoms with van der Waals surface area (Å²) in [6, 6.07) is 5.60. The topological polar surface area (TPSA) is 0 Å². The van der Waals surface area contributed by atoms with Gasteiger partial charge in [0.05, 0.1) is 0 Å². The van der Waals surface area contributed by atoms with Gasteiger partial charge in [0.15, 0.2) is 0 Å². The van der Waals surface area contributed by atoms with E-state index in [0.29, 0.717) is 21.8 Å². The summed E-state index contributed by atoms with van der Waals surface area (Å²) in [7, 11) is 0. The average Bonchev–Trinajstić information content (AvgIpc) is 2.39. The fourth-order valence-corrected chi connectivity index (χ4v) is 3.32. The van der Waals surface area contributed by atoms with Crippen molar-refractivity contribution in [1.82, 2.24) is 0 Å². The largest absolute Gasteiger partial charge is 0.122 e. The zero-order valence-corrected chi connectivity index (χ0v) is 12.5. The van der Waals surface area contributed by atoms with E-state index in [0.717, 1.165) is 5.56 Å². The third-order valence-electron chi connectivity index (χ3n) is 3.59. The minimum atomic E-state index is 0.587. The SMILES string of the molecule is ClCC(=Cc1ccc(Cl)cc1Cl)C1CCCCC1. The van der Waals surface area contributed by atoms with Gasteiger partial charge in [-0.15, -0.1) is 11.6 Å². The van der Waals surface area contributed by atoms with Crippen LogP contribution in [0.5, 0.6) is 0 Å². The fraction of sp³-hybridized carbons (Fsp3) is 0.467. The second kappa shape index (κ2) is 6.84. The van der Waals surface area contributed by atoms with Gasteiger partial charge in [0, 0.05) is 15.9 Å². The Kier molecular flexibility index (Phi) is 5.41. The van der Waals surface area contributed by atoms with E-state index < -0.39 is 0 Å². The molecule has 0 atom stereocenters. The Bertz CT molecular complexity index is 431. The Balaban J connectivity index is 2.22. The lowest BCUT2D eigenvalue weighted by Crippen LogP contribution is -2.10. The number of benzene rings is 1. The molecular formula is C15H17Cl3. The summed E-state index contributed by atoms with van der Waals surface area (Å²) < 4.78 is 0. The normalized spacial score (nSPS) is 18.1. The summed E-state index contributed by atoms with van der Waals surface area (Å²) in [4.78, 5) is 0. The molecule has 0 aromatic heterocycles. The van der Waals surface area contributed by atoms with Gasteiger partial charge in [0.2, 0.25) is 0 Å². The summed E-state index contributed by atoms with van der Waals surface area (Å²) in [5.74, 6) is 1.21. The smallest absolute Gasteiger partial charge is 0.0493 e. The minimum absolute atomic E-state index is 0.587. The van der Waals surface area contributed by atoms with Crippen LogP contribution in [-0.4, -0.2) is 5.88 Å². The summed E-state index contributed by atoms with van der Waals surface area (Å²) in [5, 5.41) is 1.36. The minimum Gasteiger partial charge on any atom is -0.122 e. The summed E-state index contributed by atoms with van der Waals surface area (Å²) in [5.41, 5.74) is 2.32. The molecule has 0 N–H and O–H groups in total. The van der Waals surface area contributed by atoms with Crippen molar-refractivity contribution in [2.75, 3.05) is 5.88 Å². The van der Waals surface area contributed by atoms with Crippen LogP contribution in [-0.2, 0) is 0 Å². The number of hydrogen-bond donors (Lipinski definition) is 0. The first-order chi connectivity index (χ1) is 8.70. The van der Waals surface area contributed by atoms with E-state index in [1.54, 1.807) is 6.07 Å². The lowest BCUT2D eigenvalue weighted by Gasteiger charge is -2.23. The maximum absolute atomic E-state index is 6.20. The second-order valence-corrected chi connectivity index (χ2v) is 5.96. The number of allylic oxidation sites excluding steroid dienone is 1. The van der Waals surface area contributed by atoms with Crippen LogP contribution in [0.15, 0.2) is 23.8 Å². The Morgan fingerprint density at radius 1 is 1.17 bits per heavy atom. The van der Waals surface area contributed by atoms with Crippen LogP contribution in [0.4, 0.5) is 0 Å². The Morgan fingerprint density at radius 2 is 1.89 bits per heavy atom. The Morgan fingerprint density at radius 3 is 2.50 bits per heavy atom. The highest BCUT2D eigenvalue weighted by Crippen LogP contribution is 2.32. The third kappa shape index (κ3) is 3.66. The number of alkyl halides is 1. The summed E-state index contributed by atoms with van der Waals surface area (Å²) in [6.45, 7) is 0. The molecule has 1 aromatic rings. The molecule has 18 heavy (non-hydrogen) atoms. The van der Waals surface area contributed by atoms with Crippen molar-refractivity contribution in [3.8, 4) is 0 Å². The van der Waals surface area contributed by atoms with Gasteiger partial charge < -0.3 is 0 Å². The Labute approximate surface area is 124 Å². The maximum atomic E-state index is 6.20. The average molecular weight is 304 g/mol. The molecule has 1 aromatic carbocycles. The van der Waals surface area contributed by atoms with E-state index in [-0.39, 0.29) is 0 Å². The van der Waals surface area contributed by atoms with Crippen molar-refractivity contribution in [3.63, 3.8) is 0 Å². The first-order valence-electron chi connectivity index (χ1n) is 6.42. The molecule has 1 saturated carbocycles. The van der Waals surface area contributed by atoms with Gasteiger partial charge in [0.25, 0.3) is 0 Å². The molecule has 1 aliphatic carbocycles. The number of rotatable bonds is 3. The van der Waals surface area contributed by atoms with Gasteiger partial charge in [-0.3, -0.25) is 0 Å². The molecule has 0 saturated heterocycles. The molecule has 1 fully saturated rings. The van der Waals surface area contributed by atoms with Crippen molar-refractivity contribution in [3.05, 3.63) is 39.4 Å². The molecular weight excluding hydrogens is 287 g/mol. The summed E-state index contributed by atoms with van der Waals surface area (Å²) >= 11 is 18.2.